The Bertz CT molecular complexity index is 1840. The number of ether oxygens (including phenoxy) is 1. The van der Waals surface area contributed by atoms with Gasteiger partial charge in [0.2, 0.25) is 5.91 Å². The monoisotopic (exact) mass is 823 g/mol. The lowest BCUT2D eigenvalue weighted by Gasteiger charge is -2.46. The molecule has 3 atom stereocenters. The van der Waals surface area contributed by atoms with Gasteiger partial charge in [-0.15, -0.1) is 0 Å². The second-order valence-electron chi connectivity index (χ2n) is 16.2. The Morgan fingerprint density at radius 1 is 0.807 bits per heavy atom. The third kappa shape index (κ3) is 8.94. The van der Waals surface area contributed by atoms with Crippen LogP contribution in [0, 0.1) is 0 Å². The van der Waals surface area contributed by atoms with Crippen molar-refractivity contribution in [2.45, 2.75) is 95.9 Å². The number of aliphatic carboxylic acids is 2. The van der Waals surface area contributed by atoms with Gasteiger partial charge in [-0.05, 0) is 88.8 Å². The van der Waals surface area contributed by atoms with Gasteiger partial charge in [-0.2, -0.15) is 0 Å². The molecular formula is C44H59Cl2N5O6. The molecule has 13 heteroatoms. The number of fused-ring (bicyclic) bond motifs is 2. The highest BCUT2D eigenvalue weighted by Crippen LogP contribution is 2.52. The molecule has 6 rings (SSSR count). The SMILES string of the molecule is CCN(CC)CCOCc1ccccc1CCC1=C(C(=O)O)C(C)(c2c(Cl)cccc2Cl)C(C(=O)O)=C(CC(=O)N2CCN(C3CC4CCC(C3)N4C)CC2)N1C. The van der Waals surface area contributed by atoms with Gasteiger partial charge in [-0.25, -0.2) is 9.59 Å². The van der Waals surface area contributed by atoms with E-state index < -0.39 is 17.4 Å². The van der Waals surface area contributed by atoms with Crippen molar-refractivity contribution in [3.8, 4) is 0 Å². The topological polar surface area (TPSA) is 117 Å². The lowest BCUT2D eigenvalue weighted by molar-refractivity contribution is -0.134. The molecular weight excluding hydrogens is 765 g/mol. The molecule has 3 unspecified atom stereocenters. The van der Waals surface area contributed by atoms with Crippen molar-refractivity contribution in [2.75, 3.05) is 66.5 Å². The van der Waals surface area contributed by atoms with Crippen LogP contribution in [0.4, 0.5) is 0 Å². The number of allylic oxidation sites excluding steroid dienone is 1. The maximum absolute atomic E-state index is 14.3. The highest BCUT2D eigenvalue weighted by molar-refractivity contribution is 6.36. The summed E-state index contributed by atoms with van der Waals surface area (Å²) in [6.07, 6.45) is 5.28. The number of aryl methyl sites for hydroxylation is 1. The van der Waals surface area contributed by atoms with Gasteiger partial charge in [-0.1, -0.05) is 67.4 Å². The molecule has 4 aliphatic heterocycles. The van der Waals surface area contributed by atoms with Crippen LogP contribution in [0.3, 0.4) is 0 Å². The van der Waals surface area contributed by atoms with Crippen LogP contribution in [0.25, 0.3) is 0 Å². The zero-order valence-corrected chi connectivity index (χ0v) is 35.6. The number of piperidine rings is 1. The summed E-state index contributed by atoms with van der Waals surface area (Å²) in [5.41, 5.74) is 0.629. The molecule has 11 nitrogen and oxygen atoms in total. The summed E-state index contributed by atoms with van der Waals surface area (Å²) in [6, 6.07) is 14.5. The van der Waals surface area contributed by atoms with E-state index >= 15 is 0 Å². The first-order valence-electron chi connectivity index (χ1n) is 20.5. The number of halogens is 2. The van der Waals surface area contributed by atoms with Crippen molar-refractivity contribution in [3.63, 3.8) is 0 Å². The summed E-state index contributed by atoms with van der Waals surface area (Å²) in [5.74, 6) is -2.82. The zero-order valence-electron chi connectivity index (χ0n) is 34.1. The van der Waals surface area contributed by atoms with Gasteiger partial charge in [0.15, 0.2) is 0 Å². The first kappa shape index (κ1) is 43.1. The number of hydrogen-bond acceptors (Lipinski definition) is 8. The third-order valence-electron chi connectivity index (χ3n) is 13.3. The van der Waals surface area contributed by atoms with Crippen molar-refractivity contribution in [3.05, 3.63) is 91.7 Å². The van der Waals surface area contributed by atoms with Crippen LogP contribution >= 0.6 is 23.2 Å². The quantitative estimate of drug-likeness (QED) is 0.181. The number of nitrogens with zero attached hydrogens (tertiary/aromatic N) is 5. The van der Waals surface area contributed by atoms with Crippen molar-refractivity contribution in [1.82, 2.24) is 24.5 Å². The minimum Gasteiger partial charge on any atom is -0.478 e. The predicted molar refractivity (Wildman–Crippen MR) is 223 cm³/mol. The first-order chi connectivity index (χ1) is 27.3. The summed E-state index contributed by atoms with van der Waals surface area (Å²) in [7, 11) is 3.92. The highest BCUT2D eigenvalue weighted by atomic mass is 35.5. The minimum atomic E-state index is -1.80. The maximum Gasteiger partial charge on any atom is 0.334 e. The molecule has 310 valence electrons. The third-order valence-corrected chi connectivity index (χ3v) is 13.9. The van der Waals surface area contributed by atoms with E-state index in [1.165, 1.54) is 12.8 Å². The number of carboxylic acids is 2. The smallest absolute Gasteiger partial charge is 0.334 e. The molecule has 2 N–H and O–H groups in total. The van der Waals surface area contributed by atoms with Crippen LogP contribution in [0.2, 0.25) is 10.0 Å². The fourth-order valence-electron chi connectivity index (χ4n) is 9.98. The first-order valence-corrected chi connectivity index (χ1v) is 21.3. The van der Waals surface area contributed by atoms with E-state index in [-0.39, 0.29) is 51.2 Å². The Morgan fingerprint density at radius 3 is 1.96 bits per heavy atom. The van der Waals surface area contributed by atoms with E-state index in [1.54, 1.807) is 37.1 Å². The fraction of sp³-hybridized carbons (Fsp3) is 0.568. The second kappa shape index (κ2) is 18.6. The second-order valence-corrected chi connectivity index (χ2v) is 17.0. The normalized spacial score (nSPS) is 24.5. The molecule has 3 saturated heterocycles. The fourth-order valence-corrected chi connectivity index (χ4v) is 10.8. The lowest BCUT2D eigenvalue weighted by atomic mass is 9.66. The Balaban J connectivity index is 1.30. The Labute approximate surface area is 347 Å². The van der Waals surface area contributed by atoms with Crippen LogP contribution < -0.4 is 0 Å². The summed E-state index contributed by atoms with van der Waals surface area (Å²) in [5, 5.41) is 22.4. The molecule has 2 aromatic rings. The van der Waals surface area contributed by atoms with Gasteiger partial charge in [0.1, 0.15) is 0 Å². The van der Waals surface area contributed by atoms with Crippen molar-refractivity contribution >= 4 is 41.0 Å². The molecule has 0 aliphatic carbocycles. The van der Waals surface area contributed by atoms with Gasteiger partial charge >= 0.3 is 11.9 Å². The van der Waals surface area contributed by atoms with Crippen LogP contribution in [-0.2, 0) is 37.6 Å². The van der Waals surface area contributed by atoms with Crippen molar-refractivity contribution in [1.29, 1.82) is 0 Å². The number of rotatable bonds is 16. The van der Waals surface area contributed by atoms with E-state index in [0.717, 1.165) is 56.7 Å². The van der Waals surface area contributed by atoms with Crippen LogP contribution in [-0.4, -0.2) is 137 Å². The van der Waals surface area contributed by atoms with E-state index in [9.17, 15) is 24.6 Å². The molecule has 4 aliphatic rings. The Hall–Kier alpha value is -3.45. The molecule has 3 fully saturated rings. The standard InChI is InChI=1S/C44H59Cl2N5O6/c1-6-49(7-2)23-24-57-28-30-12-9-8-11-29(30)15-18-36-40(42(53)54)44(3,39-34(45)13-10-14-35(39)46)41(43(55)56)37(48(36)5)27-38(52)51-21-19-50(20-22-51)33-25-31-16-17-32(26-33)47(31)4/h8-14,31-33H,6-7,15-28H2,1-5H3,(H,53,54)(H,55,56). The van der Waals surface area contributed by atoms with Crippen LogP contribution in [0.5, 0.6) is 0 Å². The minimum absolute atomic E-state index is 0.137. The number of likely N-dealkylation sites (N-methyl/N-ethyl adjacent to an activating group) is 1. The molecule has 0 radical (unpaired) electrons. The molecule has 0 spiro atoms. The number of amides is 1. The number of hydrogen-bond donors (Lipinski definition) is 2. The largest absolute Gasteiger partial charge is 0.478 e. The summed E-state index contributed by atoms with van der Waals surface area (Å²) in [6.45, 7) is 12.1. The highest BCUT2D eigenvalue weighted by Gasteiger charge is 2.52. The molecule has 0 saturated carbocycles. The number of piperazine rings is 1. The summed E-state index contributed by atoms with van der Waals surface area (Å²) in [4.78, 5) is 52.2. The van der Waals surface area contributed by atoms with E-state index in [1.807, 2.05) is 29.2 Å². The van der Waals surface area contributed by atoms with Crippen molar-refractivity contribution < 1.29 is 29.3 Å². The van der Waals surface area contributed by atoms with Gasteiger partial charge in [0, 0.05) is 84.9 Å². The number of carbonyl (C=O) groups excluding carboxylic acids is 1. The van der Waals surface area contributed by atoms with Gasteiger partial charge in [-0.3, -0.25) is 9.69 Å². The molecule has 4 heterocycles. The predicted octanol–water partition coefficient (Wildman–Crippen LogP) is 6.52. The number of carbonyl (C=O) groups is 3. The van der Waals surface area contributed by atoms with Gasteiger partial charge < -0.3 is 34.5 Å². The van der Waals surface area contributed by atoms with Gasteiger partial charge in [0.25, 0.3) is 0 Å². The lowest BCUT2D eigenvalue weighted by Crippen LogP contribution is -2.56. The molecule has 0 aromatic heterocycles. The summed E-state index contributed by atoms with van der Waals surface area (Å²) < 4.78 is 6.09. The number of carboxylic acid groups (broad SMARTS) is 2. The molecule has 57 heavy (non-hydrogen) atoms. The maximum atomic E-state index is 14.3. The van der Waals surface area contributed by atoms with Crippen molar-refractivity contribution in [2.24, 2.45) is 0 Å². The average Bonchev–Trinajstić information content (AvgIpc) is 3.37. The van der Waals surface area contributed by atoms with Crippen LogP contribution in [0.1, 0.15) is 76.0 Å². The average molecular weight is 825 g/mol. The zero-order chi connectivity index (χ0) is 41.0. The molecule has 1 amide bonds. The molecule has 2 bridgehead atoms. The Kier molecular flexibility index (Phi) is 14.1. The summed E-state index contributed by atoms with van der Waals surface area (Å²) >= 11 is 13.6. The molecule has 2 aromatic carbocycles. The Morgan fingerprint density at radius 2 is 1.39 bits per heavy atom. The van der Waals surface area contributed by atoms with E-state index in [4.69, 9.17) is 27.9 Å². The number of benzene rings is 2. The van der Waals surface area contributed by atoms with Crippen LogP contribution in [0.15, 0.2) is 65.0 Å². The van der Waals surface area contributed by atoms with E-state index in [2.05, 4.69) is 35.6 Å². The van der Waals surface area contributed by atoms with E-state index in [0.29, 0.717) is 56.5 Å². The van der Waals surface area contributed by atoms with Gasteiger partial charge in [0.05, 0.1) is 36.2 Å².